The van der Waals surface area contributed by atoms with Crippen molar-refractivity contribution in [1.82, 2.24) is 10.2 Å². The fraction of sp³-hybridized carbons (Fsp3) is 0.688. The fourth-order valence-electron chi connectivity index (χ4n) is 2.87. The topological polar surface area (TPSA) is 32.3 Å². The van der Waals surface area contributed by atoms with Gasteiger partial charge in [0, 0.05) is 6.54 Å². The Hall–Kier alpha value is -0.520. The molecule has 1 amide bonds. The van der Waals surface area contributed by atoms with Gasteiger partial charge in [-0.15, -0.1) is 0 Å². The molecule has 2 heterocycles. The van der Waals surface area contributed by atoms with Gasteiger partial charge < -0.3 is 4.90 Å². The normalized spacial score (nSPS) is 23.8. The third kappa shape index (κ3) is 4.24. The van der Waals surface area contributed by atoms with E-state index in [4.69, 9.17) is 0 Å². The van der Waals surface area contributed by atoms with Crippen molar-refractivity contribution in [2.24, 2.45) is 5.92 Å². The van der Waals surface area contributed by atoms with Crippen LogP contribution in [0.2, 0.25) is 0 Å². The van der Waals surface area contributed by atoms with Crippen LogP contribution in [0.15, 0.2) is 16.8 Å². The molecule has 1 aliphatic heterocycles. The summed E-state index contributed by atoms with van der Waals surface area (Å²) in [4.78, 5) is 14.8. The molecule has 0 radical (unpaired) electrons. The maximum atomic E-state index is 12.7. The Morgan fingerprint density at radius 2 is 2.33 bits per heavy atom. The lowest BCUT2D eigenvalue weighted by molar-refractivity contribution is -0.130. The Morgan fingerprint density at radius 1 is 1.52 bits per heavy atom. The highest BCUT2D eigenvalue weighted by Gasteiger charge is 2.39. The van der Waals surface area contributed by atoms with Crippen molar-refractivity contribution >= 4 is 29.0 Å². The quantitative estimate of drug-likeness (QED) is 0.790. The zero-order valence-electron chi connectivity index (χ0n) is 13.2. The van der Waals surface area contributed by atoms with E-state index in [1.54, 1.807) is 11.3 Å². The van der Waals surface area contributed by atoms with Crippen LogP contribution < -0.4 is 5.32 Å². The highest BCUT2D eigenvalue weighted by atomic mass is 32.2. The predicted molar refractivity (Wildman–Crippen MR) is 92.8 cm³/mol. The third-order valence-corrected chi connectivity index (χ3v) is 5.52. The summed E-state index contributed by atoms with van der Waals surface area (Å²) >= 11 is 3.55. The van der Waals surface area contributed by atoms with E-state index in [0.29, 0.717) is 5.92 Å². The van der Waals surface area contributed by atoms with E-state index in [-0.39, 0.29) is 18.1 Å². The average molecular weight is 327 g/mol. The first-order valence-electron chi connectivity index (χ1n) is 7.75. The molecule has 1 aromatic heterocycles. The second kappa shape index (κ2) is 8.20. The van der Waals surface area contributed by atoms with E-state index in [0.717, 1.165) is 31.6 Å². The summed E-state index contributed by atoms with van der Waals surface area (Å²) < 4.78 is 0. The summed E-state index contributed by atoms with van der Waals surface area (Å²) in [7, 11) is 0. The molecular weight excluding hydrogens is 300 g/mol. The van der Waals surface area contributed by atoms with Gasteiger partial charge in [0.05, 0.1) is 6.04 Å². The van der Waals surface area contributed by atoms with Gasteiger partial charge >= 0.3 is 0 Å². The average Bonchev–Trinajstić information content (AvgIpc) is 3.07. The van der Waals surface area contributed by atoms with E-state index in [2.05, 4.69) is 47.1 Å². The Morgan fingerprint density at radius 3 is 2.95 bits per heavy atom. The Balaban J connectivity index is 2.10. The molecule has 1 aliphatic rings. The molecule has 3 atom stereocenters. The molecule has 0 aromatic carbocycles. The van der Waals surface area contributed by atoms with E-state index in [9.17, 15) is 4.79 Å². The van der Waals surface area contributed by atoms with Crippen molar-refractivity contribution in [2.45, 2.75) is 45.3 Å². The molecular formula is C16H26N2OS2. The molecule has 5 heteroatoms. The Bertz CT molecular complexity index is 435. The summed E-state index contributed by atoms with van der Waals surface area (Å²) in [6.07, 6.45) is 5.38. The maximum Gasteiger partial charge on any atom is 0.241 e. The number of thiophene rings is 1. The van der Waals surface area contributed by atoms with Crippen LogP contribution in [0.3, 0.4) is 0 Å². The van der Waals surface area contributed by atoms with Gasteiger partial charge in [0.2, 0.25) is 5.91 Å². The number of nitrogens with one attached hydrogen (secondary N) is 1. The van der Waals surface area contributed by atoms with Gasteiger partial charge in [0.25, 0.3) is 0 Å². The minimum atomic E-state index is -0.00340. The van der Waals surface area contributed by atoms with Crippen molar-refractivity contribution in [1.29, 1.82) is 0 Å². The predicted octanol–water partition coefficient (Wildman–Crippen LogP) is 3.74. The van der Waals surface area contributed by atoms with Crippen molar-refractivity contribution in [3.05, 3.63) is 22.4 Å². The third-order valence-electron chi connectivity index (χ3n) is 3.92. The van der Waals surface area contributed by atoms with E-state index >= 15 is 0 Å². The zero-order valence-corrected chi connectivity index (χ0v) is 14.8. The van der Waals surface area contributed by atoms with E-state index < -0.39 is 0 Å². The second-order valence-electron chi connectivity index (χ2n) is 5.87. The Kier molecular flexibility index (Phi) is 6.58. The number of carbonyl (C=O) groups excluding carboxylic acids is 1. The van der Waals surface area contributed by atoms with Crippen LogP contribution in [0, 0.1) is 5.92 Å². The molecule has 1 fully saturated rings. The lowest BCUT2D eigenvalue weighted by Crippen LogP contribution is -2.35. The van der Waals surface area contributed by atoms with Crippen LogP contribution in [-0.2, 0) is 4.79 Å². The van der Waals surface area contributed by atoms with Crippen LogP contribution in [-0.4, -0.2) is 35.4 Å². The minimum Gasteiger partial charge on any atom is -0.321 e. The molecule has 2 rings (SSSR count). The van der Waals surface area contributed by atoms with Gasteiger partial charge in [-0.25, -0.2) is 0 Å². The van der Waals surface area contributed by atoms with Gasteiger partial charge in [-0.1, -0.05) is 26.7 Å². The molecule has 0 saturated carbocycles. The number of amides is 1. The van der Waals surface area contributed by atoms with Crippen molar-refractivity contribution < 1.29 is 4.79 Å². The number of rotatable bonds is 8. The van der Waals surface area contributed by atoms with Crippen LogP contribution in [0.1, 0.15) is 44.8 Å². The first-order valence-corrected chi connectivity index (χ1v) is 10.1. The van der Waals surface area contributed by atoms with E-state index in [1.807, 2.05) is 11.8 Å². The highest BCUT2D eigenvalue weighted by Crippen LogP contribution is 2.29. The fourth-order valence-corrected chi connectivity index (χ4v) is 4.22. The number of hydrogen-bond acceptors (Lipinski definition) is 4. The lowest BCUT2D eigenvalue weighted by Gasteiger charge is -2.26. The molecule has 0 spiro atoms. The smallest absolute Gasteiger partial charge is 0.241 e. The van der Waals surface area contributed by atoms with Crippen molar-refractivity contribution in [2.75, 3.05) is 18.6 Å². The standard InChI is InChI=1S/C16H26N2OS2/c1-4-5-6-14-16(19)18(9-12(2)10-20-3)15(17-14)13-7-8-21-11-13/h7-8,11-12,14-15,17H,4-6,9-10H2,1-3H3. The molecule has 118 valence electrons. The minimum absolute atomic E-state index is 0.00340. The molecule has 1 saturated heterocycles. The van der Waals surface area contributed by atoms with Crippen molar-refractivity contribution in [3.8, 4) is 0 Å². The molecule has 1 aromatic rings. The molecule has 3 nitrogen and oxygen atoms in total. The van der Waals surface area contributed by atoms with Crippen molar-refractivity contribution in [3.63, 3.8) is 0 Å². The number of nitrogens with zero attached hydrogens (tertiary/aromatic N) is 1. The largest absolute Gasteiger partial charge is 0.321 e. The van der Waals surface area contributed by atoms with Gasteiger partial charge in [-0.05, 0) is 46.7 Å². The van der Waals surface area contributed by atoms with Gasteiger partial charge in [0.1, 0.15) is 6.17 Å². The SMILES string of the molecule is CCCCC1NC(c2ccsc2)N(CC(C)CSC)C1=O. The maximum absolute atomic E-state index is 12.7. The van der Waals surface area contributed by atoms with Crippen LogP contribution in [0.4, 0.5) is 0 Å². The summed E-state index contributed by atoms with van der Waals surface area (Å²) in [6, 6.07) is 2.13. The zero-order chi connectivity index (χ0) is 15.2. The molecule has 0 aliphatic carbocycles. The first kappa shape index (κ1) is 16.8. The van der Waals surface area contributed by atoms with Gasteiger partial charge in [0.15, 0.2) is 0 Å². The summed E-state index contributed by atoms with van der Waals surface area (Å²) in [5.41, 5.74) is 1.23. The van der Waals surface area contributed by atoms with Crippen LogP contribution in [0.25, 0.3) is 0 Å². The molecule has 1 N–H and O–H groups in total. The monoisotopic (exact) mass is 326 g/mol. The van der Waals surface area contributed by atoms with Crippen LogP contribution >= 0.6 is 23.1 Å². The van der Waals surface area contributed by atoms with Gasteiger partial charge in [-0.2, -0.15) is 23.1 Å². The number of unbranched alkanes of at least 4 members (excludes halogenated alkanes) is 1. The van der Waals surface area contributed by atoms with Gasteiger partial charge in [-0.3, -0.25) is 10.1 Å². The Labute approximate surface area is 136 Å². The molecule has 21 heavy (non-hydrogen) atoms. The lowest BCUT2D eigenvalue weighted by atomic mass is 10.1. The second-order valence-corrected chi connectivity index (χ2v) is 7.56. The highest BCUT2D eigenvalue weighted by molar-refractivity contribution is 7.98. The molecule has 0 bridgehead atoms. The number of thioether (sulfide) groups is 1. The number of hydrogen-bond donors (Lipinski definition) is 1. The summed E-state index contributed by atoms with van der Waals surface area (Å²) in [5, 5.41) is 7.79. The van der Waals surface area contributed by atoms with Crippen LogP contribution in [0.5, 0.6) is 0 Å². The summed E-state index contributed by atoms with van der Waals surface area (Å²) in [5.74, 6) is 1.91. The summed E-state index contributed by atoms with van der Waals surface area (Å²) in [6.45, 7) is 5.25. The first-order chi connectivity index (χ1) is 10.2. The number of carbonyl (C=O) groups is 1. The van der Waals surface area contributed by atoms with E-state index in [1.165, 1.54) is 5.56 Å². The molecule has 3 unspecified atom stereocenters.